The Labute approximate surface area is 119 Å². The summed E-state index contributed by atoms with van der Waals surface area (Å²) in [5.41, 5.74) is 2.34. The second kappa shape index (κ2) is 6.78. The second-order valence-corrected chi connectivity index (χ2v) is 6.27. The molecule has 0 saturated carbocycles. The molecule has 2 aromatic heterocycles. The number of hydrogen-bond donors (Lipinski definition) is 1. The molecule has 2 aromatic rings. The molecule has 0 saturated heterocycles. The molecule has 0 fully saturated rings. The summed E-state index contributed by atoms with van der Waals surface area (Å²) in [6.45, 7) is 5.38. The lowest BCUT2D eigenvalue weighted by Crippen LogP contribution is -2.07. The van der Waals surface area contributed by atoms with Gasteiger partial charge in [0.25, 0.3) is 0 Å². The third-order valence-corrected chi connectivity index (χ3v) is 3.92. The van der Waals surface area contributed by atoms with Gasteiger partial charge in [-0.05, 0) is 31.5 Å². The molecule has 102 valence electrons. The maximum Gasteiger partial charge on any atom is 0.0991 e. The fraction of sp³-hybridized carbons (Fsp3) is 0.467. The molecule has 3 nitrogen and oxygen atoms in total. The number of hydrogen-bond acceptors (Lipinski definition) is 4. The van der Waals surface area contributed by atoms with E-state index in [-0.39, 0.29) is 0 Å². The molecule has 19 heavy (non-hydrogen) atoms. The fourth-order valence-corrected chi connectivity index (χ4v) is 3.14. The zero-order chi connectivity index (χ0) is 13.7. The first-order valence-electron chi connectivity index (χ1n) is 6.71. The lowest BCUT2D eigenvalue weighted by atomic mass is 10.1. The van der Waals surface area contributed by atoms with Gasteiger partial charge in [-0.1, -0.05) is 19.9 Å². The van der Waals surface area contributed by atoms with E-state index >= 15 is 0 Å². The standard InChI is InChI=1S/C15H21N3S/c1-11(2)8-13-14(10-16-3)19-15(18-13)9-12-6-4-5-7-17-12/h4-7,11,16H,8-10H2,1-3H3. The Morgan fingerprint density at radius 1 is 1.32 bits per heavy atom. The van der Waals surface area contributed by atoms with Crippen LogP contribution in [0.4, 0.5) is 0 Å². The topological polar surface area (TPSA) is 37.8 Å². The molecule has 0 aliphatic heterocycles. The zero-order valence-corrected chi connectivity index (χ0v) is 12.6. The van der Waals surface area contributed by atoms with Crippen molar-refractivity contribution < 1.29 is 0 Å². The van der Waals surface area contributed by atoms with Gasteiger partial charge in [0.2, 0.25) is 0 Å². The largest absolute Gasteiger partial charge is 0.315 e. The van der Waals surface area contributed by atoms with E-state index in [1.54, 1.807) is 0 Å². The summed E-state index contributed by atoms with van der Waals surface area (Å²) in [6.07, 6.45) is 3.72. The molecule has 0 aromatic carbocycles. The first-order chi connectivity index (χ1) is 9.19. The van der Waals surface area contributed by atoms with Gasteiger partial charge in [0.15, 0.2) is 0 Å². The van der Waals surface area contributed by atoms with Gasteiger partial charge in [0.05, 0.1) is 10.7 Å². The van der Waals surface area contributed by atoms with Gasteiger partial charge in [-0.3, -0.25) is 4.98 Å². The Morgan fingerprint density at radius 3 is 2.79 bits per heavy atom. The van der Waals surface area contributed by atoms with E-state index in [2.05, 4.69) is 30.2 Å². The lowest BCUT2D eigenvalue weighted by Gasteiger charge is -2.03. The molecular weight excluding hydrogens is 254 g/mol. The van der Waals surface area contributed by atoms with Gasteiger partial charge in [0, 0.05) is 29.7 Å². The molecule has 4 heteroatoms. The van der Waals surface area contributed by atoms with Crippen molar-refractivity contribution in [3.05, 3.63) is 45.7 Å². The van der Waals surface area contributed by atoms with Crippen LogP contribution in [0, 0.1) is 5.92 Å². The summed E-state index contributed by atoms with van der Waals surface area (Å²) in [5, 5.41) is 4.40. The van der Waals surface area contributed by atoms with Crippen molar-refractivity contribution in [2.75, 3.05) is 7.05 Å². The van der Waals surface area contributed by atoms with E-state index in [4.69, 9.17) is 4.98 Å². The van der Waals surface area contributed by atoms with E-state index in [1.807, 2.05) is 36.7 Å². The third kappa shape index (κ3) is 4.11. The van der Waals surface area contributed by atoms with Crippen LogP contribution >= 0.6 is 11.3 Å². The number of nitrogens with one attached hydrogen (secondary N) is 1. The first-order valence-corrected chi connectivity index (χ1v) is 7.52. The average Bonchev–Trinajstić information content (AvgIpc) is 2.72. The molecular formula is C15H21N3S. The predicted octanol–water partition coefficient (Wildman–Crippen LogP) is 3.05. The molecule has 0 unspecified atom stereocenters. The highest BCUT2D eigenvalue weighted by Gasteiger charge is 2.12. The average molecular weight is 275 g/mol. The van der Waals surface area contributed by atoms with Crippen molar-refractivity contribution in [2.24, 2.45) is 5.92 Å². The molecule has 2 heterocycles. The number of thiazole rings is 1. The van der Waals surface area contributed by atoms with Gasteiger partial charge in [-0.2, -0.15) is 0 Å². The molecule has 2 rings (SSSR count). The number of pyridine rings is 1. The Morgan fingerprint density at radius 2 is 2.16 bits per heavy atom. The SMILES string of the molecule is CNCc1sc(Cc2ccccn2)nc1CC(C)C. The van der Waals surface area contributed by atoms with Crippen LogP contribution in [0.15, 0.2) is 24.4 Å². The van der Waals surface area contributed by atoms with Crippen LogP contribution in [0.3, 0.4) is 0 Å². The minimum atomic E-state index is 0.639. The minimum Gasteiger partial charge on any atom is -0.315 e. The highest BCUT2D eigenvalue weighted by Crippen LogP contribution is 2.23. The molecule has 1 N–H and O–H groups in total. The quantitative estimate of drug-likeness (QED) is 0.880. The normalized spacial score (nSPS) is 11.2. The smallest absolute Gasteiger partial charge is 0.0991 e. The molecule has 0 radical (unpaired) electrons. The summed E-state index contributed by atoms with van der Waals surface area (Å²) in [7, 11) is 1.98. The molecule has 0 atom stereocenters. The Balaban J connectivity index is 2.17. The van der Waals surface area contributed by atoms with Crippen LogP contribution in [0.1, 0.15) is 35.1 Å². The minimum absolute atomic E-state index is 0.639. The number of aromatic nitrogens is 2. The van der Waals surface area contributed by atoms with Crippen LogP contribution in [0.25, 0.3) is 0 Å². The first kappa shape index (κ1) is 14.2. The van der Waals surface area contributed by atoms with Crippen molar-refractivity contribution in [3.8, 4) is 0 Å². The molecule has 0 bridgehead atoms. The molecule has 0 amide bonds. The van der Waals surface area contributed by atoms with E-state index in [0.29, 0.717) is 5.92 Å². The van der Waals surface area contributed by atoms with Crippen LogP contribution < -0.4 is 5.32 Å². The van der Waals surface area contributed by atoms with Crippen molar-refractivity contribution in [3.63, 3.8) is 0 Å². The summed E-state index contributed by atoms with van der Waals surface area (Å²) in [5.74, 6) is 0.639. The van der Waals surface area contributed by atoms with Gasteiger partial charge >= 0.3 is 0 Å². The van der Waals surface area contributed by atoms with Crippen molar-refractivity contribution >= 4 is 11.3 Å². The summed E-state index contributed by atoms with van der Waals surface area (Å²) in [4.78, 5) is 10.5. The monoisotopic (exact) mass is 275 g/mol. The van der Waals surface area contributed by atoms with E-state index in [9.17, 15) is 0 Å². The van der Waals surface area contributed by atoms with E-state index in [1.165, 1.54) is 15.6 Å². The van der Waals surface area contributed by atoms with Gasteiger partial charge in [0.1, 0.15) is 0 Å². The van der Waals surface area contributed by atoms with Gasteiger partial charge < -0.3 is 5.32 Å². The Kier molecular flexibility index (Phi) is 5.05. The van der Waals surface area contributed by atoms with E-state index in [0.717, 1.165) is 25.1 Å². The molecule has 0 spiro atoms. The highest BCUT2D eigenvalue weighted by molar-refractivity contribution is 7.11. The van der Waals surface area contributed by atoms with Crippen molar-refractivity contribution in [1.82, 2.24) is 15.3 Å². The zero-order valence-electron chi connectivity index (χ0n) is 11.8. The Hall–Kier alpha value is -1.26. The lowest BCUT2D eigenvalue weighted by molar-refractivity contribution is 0.629. The third-order valence-electron chi connectivity index (χ3n) is 2.82. The molecule has 0 aliphatic rings. The van der Waals surface area contributed by atoms with E-state index < -0.39 is 0 Å². The van der Waals surface area contributed by atoms with Crippen LogP contribution in [-0.4, -0.2) is 17.0 Å². The predicted molar refractivity (Wildman–Crippen MR) is 80.5 cm³/mol. The van der Waals surface area contributed by atoms with Crippen LogP contribution in [0.2, 0.25) is 0 Å². The maximum absolute atomic E-state index is 4.80. The van der Waals surface area contributed by atoms with Crippen molar-refractivity contribution in [1.29, 1.82) is 0 Å². The van der Waals surface area contributed by atoms with Crippen LogP contribution in [-0.2, 0) is 19.4 Å². The summed E-state index contributed by atoms with van der Waals surface area (Å²) < 4.78 is 0. The second-order valence-electron chi connectivity index (χ2n) is 5.10. The maximum atomic E-state index is 4.80. The molecule has 0 aliphatic carbocycles. The van der Waals surface area contributed by atoms with Crippen LogP contribution in [0.5, 0.6) is 0 Å². The number of rotatable bonds is 6. The highest BCUT2D eigenvalue weighted by atomic mass is 32.1. The van der Waals surface area contributed by atoms with Gasteiger partial charge in [-0.15, -0.1) is 11.3 Å². The number of nitrogens with zero attached hydrogens (tertiary/aromatic N) is 2. The summed E-state index contributed by atoms with van der Waals surface area (Å²) >= 11 is 1.81. The van der Waals surface area contributed by atoms with Gasteiger partial charge in [-0.25, -0.2) is 4.98 Å². The Bertz CT molecular complexity index is 505. The summed E-state index contributed by atoms with van der Waals surface area (Å²) in [6, 6.07) is 6.03. The van der Waals surface area contributed by atoms with Crippen molar-refractivity contribution in [2.45, 2.75) is 33.2 Å². The fourth-order valence-electron chi connectivity index (χ4n) is 2.01.